The number of benzene rings is 2. The van der Waals surface area contributed by atoms with Gasteiger partial charge < -0.3 is 16.0 Å². The van der Waals surface area contributed by atoms with Crippen molar-refractivity contribution in [3.63, 3.8) is 0 Å². The van der Waals surface area contributed by atoms with Gasteiger partial charge >= 0.3 is 6.03 Å². The Morgan fingerprint density at radius 2 is 1.67 bits per heavy atom. The highest BCUT2D eigenvalue weighted by Gasteiger charge is 2.22. The van der Waals surface area contributed by atoms with Gasteiger partial charge in [-0.15, -0.1) is 0 Å². The first-order chi connectivity index (χ1) is 20.6. The molecule has 0 saturated carbocycles. The minimum Gasteiger partial charge on any atom is -0.383 e. The van der Waals surface area contributed by atoms with Crippen LogP contribution in [0.25, 0.3) is 22.5 Å². The van der Waals surface area contributed by atoms with Crippen molar-refractivity contribution in [2.24, 2.45) is 0 Å². The van der Waals surface area contributed by atoms with Crippen LogP contribution in [0.5, 0.6) is 0 Å². The fourth-order valence-corrected chi connectivity index (χ4v) is 5.17. The number of nitrogens with zero attached hydrogens (tertiary/aromatic N) is 7. The van der Waals surface area contributed by atoms with Crippen molar-refractivity contribution in [3.05, 3.63) is 84.3 Å². The maximum Gasteiger partial charge on any atom is 0.324 e. The van der Waals surface area contributed by atoms with Crippen LogP contribution >= 0.6 is 0 Å². The Morgan fingerprint density at radius 1 is 0.953 bits per heavy atom. The summed E-state index contributed by atoms with van der Waals surface area (Å²) in [6.45, 7) is 11.6. The lowest BCUT2D eigenvalue weighted by molar-refractivity contribution is 0.148. The predicted molar refractivity (Wildman–Crippen MR) is 171 cm³/mol. The summed E-state index contributed by atoms with van der Waals surface area (Å²) in [6, 6.07) is 19.2. The molecule has 0 spiro atoms. The Morgan fingerprint density at radius 3 is 2.37 bits per heavy atom. The maximum atomic E-state index is 13.1. The van der Waals surface area contributed by atoms with Gasteiger partial charge in [0.25, 0.3) is 0 Å². The highest BCUT2D eigenvalue weighted by molar-refractivity contribution is 5.99. The van der Waals surface area contributed by atoms with Crippen LogP contribution in [-0.4, -0.2) is 73.4 Å². The molecule has 0 unspecified atom stereocenters. The first kappa shape index (κ1) is 28.4. The number of likely N-dealkylation sites (N-methyl/N-ethyl adjacent to an activating group) is 1. The molecule has 0 radical (unpaired) electrons. The Balaban J connectivity index is 1.16. The van der Waals surface area contributed by atoms with Crippen molar-refractivity contribution < 1.29 is 4.79 Å². The SMILES string of the molecule is CN1CCN(Cc2ccc(-n3nc(C(C)(C)C)cc3NC(=O)Nc3ccc(-c4cnc5ccnn5c4N)cc3)cc2)CC1. The van der Waals surface area contributed by atoms with Gasteiger partial charge in [-0.3, -0.25) is 10.2 Å². The van der Waals surface area contributed by atoms with Gasteiger partial charge in [-0.2, -0.15) is 14.7 Å². The van der Waals surface area contributed by atoms with Crippen LogP contribution in [0.2, 0.25) is 0 Å². The van der Waals surface area contributed by atoms with E-state index in [1.165, 1.54) is 5.56 Å². The Bertz CT molecular complexity index is 1720. The molecule has 2 amide bonds. The number of nitrogen functional groups attached to an aromatic ring is 1. The highest BCUT2D eigenvalue weighted by Crippen LogP contribution is 2.28. The highest BCUT2D eigenvalue weighted by atomic mass is 16.2. The maximum absolute atomic E-state index is 13.1. The van der Waals surface area contributed by atoms with E-state index in [1.807, 2.05) is 30.3 Å². The van der Waals surface area contributed by atoms with Gasteiger partial charge in [0, 0.05) is 67.7 Å². The number of piperazine rings is 1. The summed E-state index contributed by atoms with van der Waals surface area (Å²) >= 11 is 0. The topological polar surface area (TPSA) is 122 Å². The number of carbonyl (C=O) groups is 1. The van der Waals surface area contributed by atoms with Crippen molar-refractivity contribution in [3.8, 4) is 16.8 Å². The van der Waals surface area contributed by atoms with Crippen molar-refractivity contribution in [1.29, 1.82) is 0 Å². The Kier molecular flexibility index (Phi) is 7.59. The molecule has 1 aliphatic heterocycles. The van der Waals surface area contributed by atoms with E-state index in [9.17, 15) is 4.79 Å². The molecule has 1 saturated heterocycles. The van der Waals surface area contributed by atoms with Crippen molar-refractivity contribution in [1.82, 2.24) is 34.2 Å². The molecule has 2 aromatic carbocycles. The van der Waals surface area contributed by atoms with E-state index < -0.39 is 0 Å². The number of anilines is 3. The van der Waals surface area contributed by atoms with Crippen molar-refractivity contribution in [2.75, 3.05) is 49.6 Å². The molecule has 1 aliphatic rings. The lowest BCUT2D eigenvalue weighted by atomic mass is 9.92. The molecule has 0 aliphatic carbocycles. The Labute approximate surface area is 251 Å². The molecule has 11 nitrogen and oxygen atoms in total. The van der Waals surface area contributed by atoms with E-state index >= 15 is 0 Å². The molecule has 5 aromatic rings. The molecule has 222 valence electrons. The zero-order valence-corrected chi connectivity index (χ0v) is 25.1. The largest absolute Gasteiger partial charge is 0.383 e. The predicted octanol–water partition coefficient (Wildman–Crippen LogP) is 4.85. The van der Waals surface area contributed by atoms with Gasteiger partial charge in [0.2, 0.25) is 0 Å². The third-order valence-electron chi connectivity index (χ3n) is 7.81. The molecule has 6 rings (SSSR count). The number of amides is 2. The summed E-state index contributed by atoms with van der Waals surface area (Å²) < 4.78 is 3.40. The average Bonchev–Trinajstić information content (AvgIpc) is 3.64. The first-order valence-electron chi connectivity index (χ1n) is 14.5. The zero-order chi connectivity index (χ0) is 30.1. The van der Waals surface area contributed by atoms with Gasteiger partial charge in [-0.25, -0.2) is 14.5 Å². The van der Waals surface area contributed by atoms with Gasteiger partial charge in [-0.05, 0) is 42.4 Å². The van der Waals surface area contributed by atoms with E-state index in [4.69, 9.17) is 10.8 Å². The van der Waals surface area contributed by atoms with Crippen LogP contribution in [-0.2, 0) is 12.0 Å². The van der Waals surface area contributed by atoms with Crippen LogP contribution in [0, 0.1) is 0 Å². The number of fused-ring (bicyclic) bond motifs is 1. The zero-order valence-electron chi connectivity index (χ0n) is 25.1. The second-order valence-corrected chi connectivity index (χ2v) is 12.1. The summed E-state index contributed by atoms with van der Waals surface area (Å²) in [5.41, 5.74) is 12.1. The number of carbonyl (C=O) groups excluding carboxylic acids is 1. The van der Waals surface area contributed by atoms with Crippen LogP contribution in [0.15, 0.2) is 73.1 Å². The van der Waals surface area contributed by atoms with Crippen molar-refractivity contribution in [2.45, 2.75) is 32.7 Å². The molecular formula is C32H38N10O. The summed E-state index contributed by atoms with van der Waals surface area (Å²) in [7, 11) is 2.17. The third kappa shape index (κ3) is 6.23. The van der Waals surface area contributed by atoms with Crippen LogP contribution in [0.3, 0.4) is 0 Å². The molecule has 11 heteroatoms. The fraction of sp³-hybridized carbons (Fsp3) is 0.312. The second kappa shape index (κ2) is 11.5. The van der Waals surface area contributed by atoms with Crippen molar-refractivity contribution >= 4 is 29.0 Å². The van der Waals surface area contributed by atoms with E-state index in [0.717, 1.165) is 55.2 Å². The monoisotopic (exact) mass is 578 g/mol. The van der Waals surface area contributed by atoms with Crippen LogP contribution in [0.4, 0.5) is 22.1 Å². The van der Waals surface area contributed by atoms with E-state index in [0.29, 0.717) is 23.0 Å². The lowest BCUT2D eigenvalue weighted by Crippen LogP contribution is -2.43. The molecule has 4 N–H and O–H groups in total. The summed E-state index contributed by atoms with van der Waals surface area (Å²) in [6.07, 6.45) is 3.39. The minimum absolute atomic E-state index is 0.189. The first-order valence-corrected chi connectivity index (χ1v) is 14.5. The standard InChI is InChI=1S/C32H38N10O/c1-32(2,3)27-19-29(41(38-27)25-11-5-22(6-12-25)21-40-17-15-39(4)16-18-40)37-31(43)36-24-9-7-23(8-10-24)26-20-34-28-13-14-35-42(28)30(26)33/h5-14,19-20H,15-18,21,33H2,1-4H3,(H2,36,37,43). The summed E-state index contributed by atoms with van der Waals surface area (Å²) in [5, 5.41) is 15.0. The molecular weight excluding hydrogens is 540 g/mol. The quantitative estimate of drug-likeness (QED) is 0.263. The molecule has 4 heterocycles. The fourth-order valence-electron chi connectivity index (χ4n) is 5.17. The molecule has 43 heavy (non-hydrogen) atoms. The van der Waals surface area contributed by atoms with Crippen LogP contribution in [0.1, 0.15) is 32.0 Å². The summed E-state index contributed by atoms with van der Waals surface area (Å²) in [4.78, 5) is 22.4. The van der Waals surface area contributed by atoms with Gasteiger partial charge in [0.15, 0.2) is 5.65 Å². The second-order valence-electron chi connectivity index (χ2n) is 12.1. The average molecular weight is 579 g/mol. The number of rotatable bonds is 6. The summed E-state index contributed by atoms with van der Waals surface area (Å²) in [5.74, 6) is 1.10. The lowest BCUT2D eigenvalue weighted by Gasteiger charge is -2.32. The van der Waals surface area contributed by atoms with E-state index in [2.05, 4.69) is 82.6 Å². The third-order valence-corrected chi connectivity index (χ3v) is 7.81. The normalized spacial score (nSPS) is 14.7. The Hall–Kier alpha value is -4.74. The van der Waals surface area contributed by atoms with E-state index in [-0.39, 0.29) is 11.4 Å². The number of nitrogens with one attached hydrogen (secondary N) is 2. The number of urea groups is 1. The van der Waals surface area contributed by atoms with E-state index in [1.54, 1.807) is 27.7 Å². The number of nitrogens with two attached hydrogens (primary N) is 1. The molecule has 3 aromatic heterocycles. The van der Waals surface area contributed by atoms with Gasteiger partial charge in [0.05, 0.1) is 17.6 Å². The molecule has 0 atom stereocenters. The number of aromatic nitrogens is 5. The molecule has 1 fully saturated rings. The molecule has 0 bridgehead atoms. The minimum atomic E-state index is -0.361. The number of hydrogen-bond acceptors (Lipinski definition) is 7. The van der Waals surface area contributed by atoms with Gasteiger partial charge in [0.1, 0.15) is 11.6 Å². The number of hydrogen-bond donors (Lipinski definition) is 3. The van der Waals surface area contributed by atoms with Gasteiger partial charge in [-0.1, -0.05) is 45.0 Å². The smallest absolute Gasteiger partial charge is 0.324 e. The van der Waals surface area contributed by atoms with Crippen LogP contribution < -0.4 is 16.4 Å².